The number of cyclic esters (lactones) is 4. The maximum atomic E-state index is 12.2. The first kappa shape index (κ1) is 75.5. The van der Waals surface area contributed by atoms with Crippen LogP contribution in [0.2, 0.25) is 0 Å². The SMILES string of the molecule is CO[C@H]1/C=C/CC/C=C/C(=O)OC/C(C)=C\[C@@H](C)[C@@H]1O.CO[C@H]1/C=C/CCCCC(=O)OC/C(C)=C\[C@@H](C)C1=O.CO[C@H]1/C=C/CCCCC(=O)OC/C(C)=C\[C@@H](C)[C@@H]1O.CO[C@H]1/C=C/CCCCC(=O)OC/C(C)=C\[C@@H](C)[C@@H]1OC(C)=O. The summed E-state index contributed by atoms with van der Waals surface area (Å²) in [6, 6.07) is 0. The van der Waals surface area contributed by atoms with E-state index in [0.29, 0.717) is 25.9 Å². The van der Waals surface area contributed by atoms with E-state index in [9.17, 15) is 39.0 Å². The molecule has 4 aliphatic heterocycles. The molecule has 0 saturated carbocycles. The van der Waals surface area contributed by atoms with E-state index in [1.165, 1.54) is 13.0 Å². The molecule has 0 fully saturated rings. The van der Waals surface area contributed by atoms with E-state index in [2.05, 4.69) is 0 Å². The van der Waals surface area contributed by atoms with Gasteiger partial charge < -0.3 is 52.8 Å². The molecule has 0 radical (unpaired) electrons. The fourth-order valence-corrected chi connectivity index (χ4v) is 9.05. The lowest BCUT2D eigenvalue weighted by Crippen LogP contribution is -2.36. The van der Waals surface area contributed by atoms with Gasteiger partial charge in [0.25, 0.3) is 0 Å². The lowest BCUT2D eigenvalue weighted by Gasteiger charge is -2.27. The van der Waals surface area contributed by atoms with Crippen LogP contribution in [0.15, 0.2) is 107 Å². The van der Waals surface area contributed by atoms with Crippen molar-refractivity contribution < 1.29 is 81.6 Å². The molecule has 0 aromatic heterocycles. The van der Waals surface area contributed by atoms with Gasteiger partial charge in [-0.3, -0.25) is 24.0 Å². The topological polar surface area (TPSA) is 226 Å². The standard InChI is InChI=1S/C18H28O5.C16H26O4.2C16H24O4/c1-13-11-14(2)18(23-15(3)19)16(21-4)9-7-5-6-8-10-17(20)22-12-13;3*1-12-10-13(2)16(18)14(19-3)8-6-4-5-7-9-15(17)20-11-12/h7,9,11,14,16,18H,5-6,8,10,12H2,1-4H3;6,8,10,13-14,16,18H,4-5,7,9,11H2,1-3H3;6,8,10,13-14H,4-5,7,9,11H2,1-3H3;6-10,13-14,16,18H,4-5,11H2,1-3H3/b9-7+,13-11-;2*8-6+,12-10-;8-6+,9-7+,12-10-/t14-,16+,18+;13-,14+,16+;13-,14+;13-,14+,16+/m1111/s1. The first-order valence-electron chi connectivity index (χ1n) is 29.4. The van der Waals surface area contributed by atoms with Gasteiger partial charge in [0.1, 0.15) is 56.9 Å². The summed E-state index contributed by atoms with van der Waals surface area (Å²) in [5.41, 5.74) is 3.67. The van der Waals surface area contributed by atoms with Crippen LogP contribution in [0.4, 0.5) is 0 Å². The van der Waals surface area contributed by atoms with E-state index in [1.807, 2.05) is 128 Å². The van der Waals surface area contributed by atoms with Gasteiger partial charge in [-0.2, -0.15) is 0 Å². The molecule has 4 aliphatic rings. The molecular weight excluding hydrogens is 1060 g/mol. The number of hydrogen-bond acceptors (Lipinski definition) is 17. The fourth-order valence-electron chi connectivity index (χ4n) is 9.05. The van der Waals surface area contributed by atoms with Gasteiger partial charge in [-0.1, -0.05) is 107 Å². The molecule has 0 saturated heterocycles. The Hall–Kier alpha value is -5.56. The van der Waals surface area contributed by atoms with E-state index < -0.39 is 24.4 Å². The Balaban J connectivity index is 0.000000554. The second-order valence-electron chi connectivity index (χ2n) is 21.7. The van der Waals surface area contributed by atoms with E-state index in [0.717, 1.165) is 92.9 Å². The third-order valence-corrected chi connectivity index (χ3v) is 13.7. The summed E-state index contributed by atoms with van der Waals surface area (Å²) in [5, 5.41) is 20.6. The Morgan fingerprint density at radius 1 is 0.470 bits per heavy atom. The Labute approximate surface area is 496 Å². The molecule has 11 atom stereocenters. The third-order valence-electron chi connectivity index (χ3n) is 13.7. The Morgan fingerprint density at radius 3 is 1.27 bits per heavy atom. The fraction of sp³-hybridized carbons (Fsp3) is 0.636. The number of rotatable bonds is 5. The minimum absolute atomic E-state index is 0.0199. The lowest BCUT2D eigenvalue weighted by molar-refractivity contribution is -0.154. The van der Waals surface area contributed by atoms with Crippen LogP contribution in [0.3, 0.4) is 0 Å². The quantitative estimate of drug-likeness (QED) is 0.148. The predicted molar refractivity (Wildman–Crippen MR) is 322 cm³/mol. The molecule has 83 heavy (non-hydrogen) atoms. The third kappa shape index (κ3) is 34.7. The van der Waals surface area contributed by atoms with Crippen molar-refractivity contribution in [3.05, 3.63) is 107 Å². The van der Waals surface area contributed by atoms with Gasteiger partial charge in [-0.05, 0) is 121 Å². The minimum atomic E-state index is -0.625. The number of allylic oxidation sites excluding steroid dienone is 6. The van der Waals surface area contributed by atoms with Gasteiger partial charge >= 0.3 is 29.8 Å². The van der Waals surface area contributed by atoms with Crippen molar-refractivity contribution in [1.29, 1.82) is 0 Å². The Kier molecular flexibility index (Phi) is 40.8. The van der Waals surface area contributed by atoms with Crippen molar-refractivity contribution in [2.24, 2.45) is 23.7 Å². The van der Waals surface area contributed by atoms with Crippen LogP contribution in [0.25, 0.3) is 0 Å². The zero-order valence-electron chi connectivity index (χ0n) is 52.2. The van der Waals surface area contributed by atoms with Crippen molar-refractivity contribution in [3.8, 4) is 0 Å². The maximum Gasteiger partial charge on any atom is 0.330 e. The monoisotopic (exact) mass is 1170 g/mol. The average Bonchev–Trinajstić information content (AvgIpc) is 3.48. The molecule has 0 aliphatic carbocycles. The van der Waals surface area contributed by atoms with Gasteiger partial charge in [0.05, 0.1) is 12.2 Å². The number of hydrogen-bond donors (Lipinski definition) is 2. The van der Waals surface area contributed by atoms with E-state index in [-0.39, 0.29) is 97.4 Å². The van der Waals surface area contributed by atoms with Crippen LogP contribution in [0, 0.1) is 23.7 Å². The van der Waals surface area contributed by atoms with Crippen LogP contribution in [-0.2, 0) is 71.4 Å². The van der Waals surface area contributed by atoms with Crippen LogP contribution < -0.4 is 0 Å². The highest BCUT2D eigenvalue weighted by molar-refractivity contribution is 5.88. The van der Waals surface area contributed by atoms with Crippen LogP contribution in [0.5, 0.6) is 0 Å². The molecule has 0 spiro atoms. The molecule has 0 aromatic carbocycles. The lowest BCUT2D eigenvalue weighted by atomic mass is 9.96. The van der Waals surface area contributed by atoms with Gasteiger partial charge in [0.15, 0.2) is 5.78 Å². The van der Waals surface area contributed by atoms with Crippen molar-refractivity contribution in [2.45, 2.75) is 195 Å². The van der Waals surface area contributed by atoms with Crippen molar-refractivity contribution in [3.63, 3.8) is 0 Å². The van der Waals surface area contributed by atoms with Gasteiger partial charge in [-0.15, -0.1) is 0 Å². The van der Waals surface area contributed by atoms with Gasteiger partial charge in [0.2, 0.25) is 0 Å². The normalized spacial score (nSPS) is 32.9. The van der Waals surface area contributed by atoms with Gasteiger partial charge in [-0.25, -0.2) is 4.79 Å². The van der Waals surface area contributed by atoms with E-state index >= 15 is 0 Å². The number of carbonyl (C=O) groups is 6. The second kappa shape index (κ2) is 44.9. The number of esters is 5. The summed E-state index contributed by atoms with van der Waals surface area (Å²) in [6.07, 6.45) is 33.9. The highest BCUT2D eigenvalue weighted by Gasteiger charge is 2.28. The second-order valence-corrected chi connectivity index (χ2v) is 21.7. The number of Topliss-reactive ketones (excluding diaryl/α,β-unsaturated/α-hetero) is 1. The summed E-state index contributed by atoms with van der Waals surface area (Å²) in [7, 11) is 6.35. The molecule has 0 aromatic rings. The molecule has 17 nitrogen and oxygen atoms in total. The van der Waals surface area contributed by atoms with Crippen molar-refractivity contribution in [1.82, 2.24) is 0 Å². The zero-order chi connectivity index (χ0) is 62.1. The molecule has 0 amide bonds. The Morgan fingerprint density at radius 2 is 0.843 bits per heavy atom. The molecule has 4 heterocycles. The largest absolute Gasteiger partial charge is 0.461 e. The van der Waals surface area contributed by atoms with E-state index in [1.54, 1.807) is 34.5 Å². The summed E-state index contributed by atoms with van der Waals surface area (Å²) in [4.78, 5) is 69.7. The molecule has 0 bridgehead atoms. The first-order chi connectivity index (χ1) is 39.6. The smallest absolute Gasteiger partial charge is 0.330 e. The van der Waals surface area contributed by atoms with Crippen LogP contribution >= 0.6 is 0 Å². The highest BCUT2D eigenvalue weighted by Crippen LogP contribution is 2.22. The zero-order valence-corrected chi connectivity index (χ0v) is 52.2. The molecule has 2 N–H and O–H groups in total. The summed E-state index contributed by atoms with van der Waals surface area (Å²) < 4.78 is 47.6. The molecule has 468 valence electrons. The minimum Gasteiger partial charge on any atom is -0.461 e. The Bertz CT molecular complexity index is 2210. The predicted octanol–water partition coefficient (Wildman–Crippen LogP) is 11.0. The molecule has 4 rings (SSSR count). The first-order valence-corrected chi connectivity index (χ1v) is 29.4. The summed E-state index contributed by atoms with van der Waals surface area (Å²) in [6.45, 7) is 17.6. The van der Waals surface area contributed by atoms with Crippen LogP contribution in [-0.4, -0.2) is 143 Å². The van der Waals surface area contributed by atoms with Gasteiger partial charge in [0, 0.05) is 84.4 Å². The van der Waals surface area contributed by atoms with Crippen molar-refractivity contribution >= 4 is 35.6 Å². The summed E-state index contributed by atoms with van der Waals surface area (Å²) >= 11 is 0. The number of ether oxygens (including phenoxy) is 9. The number of aliphatic hydroxyl groups is 2. The summed E-state index contributed by atoms with van der Waals surface area (Å²) in [5.74, 6) is -1.61. The van der Waals surface area contributed by atoms with Crippen LogP contribution in [0.1, 0.15) is 152 Å². The van der Waals surface area contributed by atoms with Crippen molar-refractivity contribution in [2.75, 3.05) is 54.9 Å². The number of ketones is 1. The highest BCUT2D eigenvalue weighted by atomic mass is 16.6. The molecular formula is C66H102O17. The molecule has 0 unspecified atom stereocenters. The molecule has 17 heteroatoms. The average molecular weight is 1170 g/mol. The number of carbonyl (C=O) groups excluding carboxylic acids is 6. The number of aliphatic hydroxyl groups excluding tert-OH is 2. The maximum absolute atomic E-state index is 12.2. The number of methoxy groups -OCH3 is 4. The van der Waals surface area contributed by atoms with E-state index in [4.69, 9.17) is 42.6 Å².